The van der Waals surface area contributed by atoms with E-state index < -0.39 is 5.97 Å². The second-order valence-corrected chi connectivity index (χ2v) is 5.62. The number of carbonyl (C=O) groups is 2. The van der Waals surface area contributed by atoms with Crippen molar-refractivity contribution in [3.05, 3.63) is 34.9 Å². The largest absolute Gasteiger partial charge is 0.481 e. The molecule has 0 aliphatic carbocycles. The van der Waals surface area contributed by atoms with Crippen molar-refractivity contribution in [3.63, 3.8) is 0 Å². The summed E-state index contributed by atoms with van der Waals surface area (Å²) in [4.78, 5) is 22.0. The van der Waals surface area contributed by atoms with E-state index in [0.717, 1.165) is 5.56 Å². The van der Waals surface area contributed by atoms with Gasteiger partial charge in [0.05, 0.1) is 6.42 Å². The first kappa shape index (κ1) is 17.3. The number of carbonyl (C=O) groups excluding carboxylic acids is 1. The predicted molar refractivity (Wildman–Crippen MR) is 82.7 cm³/mol. The Kier molecular flexibility index (Phi) is 7.02. The van der Waals surface area contributed by atoms with Crippen LogP contribution in [0.25, 0.3) is 0 Å². The van der Waals surface area contributed by atoms with Crippen molar-refractivity contribution < 1.29 is 14.7 Å². The van der Waals surface area contributed by atoms with Crippen LogP contribution in [0.3, 0.4) is 0 Å². The lowest BCUT2D eigenvalue weighted by Gasteiger charge is -2.22. The zero-order valence-corrected chi connectivity index (χ0v) is 13.0. The highest BCUT2D eigenvalue weighted by Gasteiger charge is 2.16. The molecule has 116 valence electrons. The van der Waals surface area contributed by atoms with Gasteiger partial charge < -0.3 is 15.7 Å². The van der Waals surface area contributed by atoms with Gasteiger partial charge in [-0.15, -0.1) is 0 Å². The molecule has 0 saturated carbocycles. The minimum Gasteiger partial charge on any atom is -0.481 e. The van der Waals surface area contributed by atoms with E-state index in [-0.39, 0.29) is 24.9 Å². The van der Waals surface area contributed by atoms with E-state index >= 15 is 0 Å². The summed E-state index contributed by atoms with van der Waals surface area (Å²) in [7, 11) is 0. The summed E-state index contributed by atoms with van der Waals surface area (Å²) in [5.74, 6) is -0.408. The summed E-state index contributed by atoms with van der Waals surface area (Å²) in [5, 5.41) is 14.5. The minimum absolute atomic E-state index is 0.0851. The Balaban J connectivity index is 2.50. The first-order chi connectivity index (χ1) is 9.90. The zero-order valence-electron chi connectivity index (χ0n) is 12.2. The SMILES string of the molecule is CC(C)C(CNC(=O)NCCC(=O)O)c1ccc(Cl)cc1. The quantitative estimate of drug-likeness (QED) is 0.724. The van der Waals surface area contributed by atoms with E-state index in [1.54, 1.807) is 0 Å². The number of hydrogen-bond acceptors (Lipinski definition) is 2. The first-order valence-corrected chi connectivity index (χ1v) is 7.27. The van der Waals surface area contributed by atoms with Crippen LogP contribution in [-0.2, 0) is 4.79 Å². The highest BCUT2D eigenvalue weighted by Crippen LogP contribution is 2.24. The Morgan fingerprint density at radius 2 is 1.81 bits per heavy atom. The van der Waals surface area contributed by atoms with Gasteiger partial charge in [-0.3, -0.25) is 4.79 Å². The third-order valence-corrected chi connectivity index (χ3v) is 3.46. The molecule has 0 aromatic heterocycles. The van der Waals surface area contributed by atoms with E-state index in [4.69, 9.17) is 16.7 Å². The summed E-state index contributed by atoms with van der Waals surface area (Å²) in [6.07, 6.45) is -0.0851. The maximum Gasteiger partial charge on any atom is 0.314 e. The topological polar surface area (TPSA) is 78.4 Å². The summed E-state index contributed by atoms with van der Waals surface area (Å²) < 4.78 is 0. The molecule has 0 aliphatic rings. The number of carboxylic acid groups (broad SMARTS) is 1. The van der Waals surface area contributed by atoms with Gasteiger partial charge in [0.25, 0.3) is 0 Å². The summed E-state index contributed by atoms with van der Waals surface area (Å²) in [5.41, 5.74) is 1.11. The molecule has 0 fully saturated rings. The Labute approximate surface area is 129 Å². The number of benzene rings is 1. The summed E-state index contributed by atoms with van der Waals surface area (Å²) in [6.45, 7) is 4.78. The van der Waals surface area contributed by atoms with Crippen molar-refractivity contribution >= 4 is 23.6 Å². The average Bonchev–Trinajstić information content (AvgIpc) is 2.40. The number of hydrogen-bond donors (Lipinski definition) is 3. The van der Waals surface area contributed by atoms with Crippen LogP contribution in [0, 0.1) is 5.92 Å². The molecule has 1 unspecified atom stereocenters. The van der Waals surface area contributed by atoms with Crippen molar-refractivity contribution in [1.29, 1.82) is 0 Å². The van der Waals surface area contributed by atoms with Gasteiger partial charge in [0.15, 0.2) is 0 Å². The normalized spacial score (nSPS) is 12.0. The number of carboxylic acids is 1. The predicted octanol–water partition coefficient (Wildman–Crippen LogP) is 2.85. The van der Waals surface area contributed by atoms with E-state index in [1.165, 1.54) is 0 Å². The molecule has 1 aromatic carbocycles. The molecule has 0 aliphatic heterocycles. The van der Waals surface area contributed by atoms with E-state index in [9.17, 15) is 9.59 Å². The molecule has 5 nitrogen and oxygen atoms in total. The van der Waals surface area contributed by atoms with Crippen LogP contribution in [0.1, 0.15) is 31.7 Å². The Morgan fingerprint density at radius 1 is 1.19 bits per heavy atom. The molecule has 3 N–H and O–H groups in total. The zero-order chi connectivity index (χ0) is 15.8. The molecule has 0 spiro atoms. The fourth-order valence-electron chi connectivity index (χ4n) is 2.00. The number of halogens is 1. The monoisotopic (exact) mass is 312 g/mol. The minimum atomic E-state index is -0.934. The fourth-order valence-corrected chi connectivity index (χ4v) is 2.12. The molecule has 0 bridgehead atoms. The van der Waals surface area contributed by atoms with E-state index in [1.807, 2.05) is 24.3 Å². The molecule has 0 saturated heterocycles. The first-order valence-electron chi connectivity index (χ1n) is 6.89. The summed E-state index contributed by atoms with van der Waals surface area (Å²) >= 11 is 5.88. The van der Waals surface area contributed by atoms with Crippen LogP contribution >= 0.6 is 11.6 Å². The lowest BCUT2D eigenvalue weighted by atomic mass is 9.88. The van der Waals surface area contributed by atoms with Gasteiger partial charge in [-0.05, 0) is 23.6 Å². The number of amides is 2. The highest BCUT2D eigenvalue weighted by molar-refractivity contribution is 6.30. The fraction of sp³-hybridized carbons (Fsp3) is 0.467. The standard InChI is InChI=1S/C15H21ClN2O3/c1-10(2)13(11-3-5-12(16)6-4-11)9-18-15(21)17-8-7-14(19)20/h3-6,10,13H,7-9H2,1-2H3,(H,19,20)(H2,17,18,21). The molecular weight excluding hydrogens is 292 g/mol. The summed E-state index contributed by atoms with van der Waals surface area (Å²) in [6, 6.07) is 7.22. The van der Waals surface area contributed by atoms with Crippen molar-refractivity contribution in [2.24, 2.45) is 5.92 Å². The number of rotatable bonds is 7. The lowest BCUT2D eigenvalue weighted by Crippen LogP contribution is -2.39. The van der Waals surface area contributed by atoms with Gasteiger partial charge in [0.1, 0.15) is 0 Å². The number of urea groups is 1. The molecule has 0 radical (unpaired) electrons. The Morgan fingerprint density at radius 3 is 2.33 bits per heavy atom. The molecule has 21 heavy (non-hydrogen) atoms. The van der Waals surface area contributed by atoms with Gasteiger partial charge in [-0.25, -0.2) is 4.79 Å². The maximum atomic E-state index is 11.6. The van der Waals surface area contributed by atoms with Crippen LogP contribution in [0.4, 0.5) is 4.79 Å². The van der Waals surface area contributed by atoms with Gasteiger partial charge >= 0.3 is 12.0 Å². The molecule has 0 heterocycles. The van der Waals surface area contributed by atoms with Gasteiger partial charge in [-0.1, -0.05) is 37.6 Å². The Bertz CT molecular complexity index is 474. The highest BCUT2D eigenvalue weighted by atomic mass is 35.5. The van der Waals surface area contributed by atoms with E-state index in [0.29, 0.717) is 17.5 Å². The van der Waals surface area contributed by atoms with E-state index in [2.05, 4.69) is 24.5 Å². The third kappa shape index (κ3) is 6.49. The third-order valence-electron chi connectivity index (χ3n) is 3.21. The van der Waals surface area contributed by atoms with Gasteiger partial charge in [-0.2, -0.15) is 0 Å². The van der Waals surface area contributed by atoms with Crippen molar-refractivity contribution in [1.82, 2.24) is 10.6 Å². The second kappa shape index (κ2) is 8.52. The van der Waals surface area contributed by atoms with Crippen molar-refractivity contribution in [2.75, 3.05) is 13.1 Å². The smallest absolute Gasteiger partial charge is 0.314 e. The van der Waals surface area contributed by atoms with Crippen LogP contribution in [-0.4, -0.2) is 30.2 Å². The number of aliphatic carboxylic acids is 1. The van der Waals surface area contributed by atoms with Crippen molar-refractivity contribution in [2.45, 2.75) is 26.2 Å². The molecule has 2 amide bonds. The van der Waals surface area contributed by atoms with Gasteiger partial charge in [0.2, 0.25) is 0 Å². The number of nitrogens with one attached hydrogen (secondary N) is 2. The van der Waals surface area contributed by atoms with Crippen LogP contribution in [0.5, 0.6) is 0 Å². The maximum absolute atomic E-state index is 11.6. The van der Waals surface area contributed by atoms with Crippen LogP contribution < -0.4 is 10.6 Å². The Hall–Kier alpha value is -1.75. The molecule has 6 heteroatoms. The molecule has 1 rings (SSSR count). The second-order valence-electron chi connectivity index (χ2n) is 5.18. The van der Waals surface area contributed by atoms with Crippen LogP contribution in [0.2, 0.25) is 5.02 Å². The molecular formula is C15H21ClN2O3. The molecule has 1 aromatic rings. The lowest BCUT2D eigenvalue weighted by molar-refractivity contribution is -0.136. The van der Waals surface area contributed by atoms with Crippen LogP contribution in [0.15, 0.2) is 24.3 Å². The van der Waals surface area contributed by atoms with Gasteiger partial charge in [0, 0.05) is 24.0 Å². The molecule has 1 atom stereocenters. The average molecular weight is 313 g/mol. The van der Waals surface area contributed by atoms with Crippen molar-refractivity contribution in [3.8, 4) is 0 Å².